The summed E-state index contributed by atoms with van der Waals surface area (Å²) < 4.78 is 5.22. The largest absolute Gasteiger partial charge is 0.503 e. The lowest BCUT2D eigenvalue weighted by molar-refractivity contribution is -0.118. The Morgan fingerprint density at radius 2 is 2.00 bits per heavy atom. The number of carbonyl (C=O) groups is 2. The molecule has 0 saturated heterocycles. The summed E-state index contributed by atoms with van der Waals surface area (Å²) in [6.07, 6.45) is 3.38. The predicted molar refractivity (Wildman–Crippen MR) is 92.4 cm³/mol. The zero-order valence-corrected chi connectivity index (χ0v) is 14.0. The normalized spacial score (nSPS) is 17.1. The number of pyridine rings is 1. The van der Waals surface area contributed by atoms with Gasteiger partial charge in [0.25, 0.3) is 5.91 Å². The number of methoxy groups -OCH3 is 1. The minimum atomic E-state index is -0.699. The fourth-order valence-corrected chi connectivity index (χ4v) is 2.97. The number of carbonyl (C=O) groups excluding carboxylic acids is 2. The van der Waals surface area contributed by atoms with E-state index in [0.717, 1.165) is 0 Å². The lowest BCUT2D eigenvalue weighted by Crippen LogP contribution is -2.31. The van der Waals surface area contributed by atoms with E-state index in [2.05, 4.69) is 4.98 Å². The van der Waals surface area contributed by atoms with Crippen LogP contribution in [0, 0.1) is 0 Å². The molecule has 3 rings (SSSR count). The quantitative estimate of drug-likeness (QED) is 0.906. The van der Waals surface area contributed by atoms with E-state index < -0.39 is 17.7 Å². The standard InChI is InChI=1S/C19H18N2O4/c1-3-15(22)16-17(12-7-9-20-10-8-12)21(19(24)18(16)23)13-5-4-6-14(11-13)25-2/h4-11,17,23H,3H2,1-2H3. The van der Waals surface area contributed by atoms with Crippen molar-refractivity contribution in [3.63, 3.8) is 0 Å². The van der Waals surface area contributed by atoms with Crippen LogP contribution in [0.1, 0.15) is 24.9 Å². The van der Waals surface area contributed by atoms with Crippen molar-refractivity contribution in [1.29, 1.82) is 0 Å². The smallest absolute Gasteiger partial charge is 0.294 e. The van der Waals surface area contributed by atoms with Crippen LogP contribution < -0.4 is 9.64 Å². The summed E-state index contributed by atoms with van der Waals surface area (Å²) in [4.78, 5) is 30.5. The van der Waals surface area contributed by atoms with Crippen LogP contribution in [0.5, 0.6) is 5.75 Å². The monoisotopic (exact) mass is 338 g/mol. The van der Waals surface area contributed by atoms with Gasteiger partial charge in [0, 0.05) is 30.6 Å². The van der Waals surface area contributed by atoms with Gasteiger partial charge >= 0.3 is 0 Å². The molecule has 1 aliphatic heterocycles. The number of aliphatic hydroxyl groups is 1. The molecule has 0 fully saturated rings. The molecule has 6 nitrogen and oxygen atoms in total. The second kappa shape index (κ2) is 6.76. The van der Waals surface area contributed by atoms with Gasteiger partial charge in [0.2, 0.25) is 0 Å². The van der Waals surface area contributed by atoms with Gasteiger partial charge in [0.15, 0.2) is 11.5 Å². The van der Waals surface area contributed by atoms with Crippen LogP contribution >= 0.6 is 0 Å². The number of Topliss-reactive ketones (excluding diaryl/α,β-unsaturated/α-hetero) is 1. The highest BCUT2D eigenvalue weighted by Gasteiger charge is 2.43. The molecule has 0 aliphatic carbocycles. The molecule has 1 N–H and O–H groups in total. The highest BCUT2D eigenvalue weighted by Crippen LogP contribution is 2.41. The van der Waals surface area contributed by atoms with Crippen molar-refractivity contribution in [2.45, 2.75) is 19.4 Å². The van der Waals surface area contributed by atoms with Crippen molar-refractivity contribution >= 4 is 17.4 Å². The molecule has 6 heteroatoms. The van der Waals surface area contributed by atoms with E-state index in [4.69, 9.17) is 4.74 Å². The molecule has 25 heavy (non-hydrogen) atoms. The Hall–Kier alpha value is -3.15. The molecule has 1 aliphatic rings. The first-order valence-electron chi connectivity index (χ1n) is 7.92. The SMILES string of the molecule is CCC(=O)C1=C(O)C(=O)N(c2cccc(OC)c2)C1c1ccncc1. The predicted octanol–water partition coefficient (Wildman–Crippen LogP) is 2.97. The van der Waals surface area contributed by atoms with E-state index >= 15 is 0 Å². The molecule has 2 heterocycles. The van der Waals surface area contributed by atoms with Gasteiger partial charge in [-0.25, -0.2) is 0 Å². The molecule has 0 bridgehead atoms. The summed E-state index contributed by atoms with van der Waals surface area (Å²) in [5.41, 5.74) is 1.35. The number of nitrogens with zero attached hydrogens (tertiary/aromatic N) is 2. The van der Waals surface area contributed by atoms with Gasteiger partial charge in [-0.3, -0.25) is 19.5 Å². The molecule has 0 radical (unpaired) electrons. The zero-order valence-electron chi connectivity index (χ0n) is 14.0. The topological polar surface area (TPSA) is 79.7 Å². The van der Waals surface area contributed by atoms with Gasteiger partial charge in [-0.15, -0.1) is 0 Å². The van der Waals surface area contributed by atoms with E-state index in [9.17, 15) is 14.7 Å². The number of hydrogen-bond donors (Lipinski definition) is 1. The van der Waals surface area contributed by atoms with Crippen LogP contribution in [0.3, 0.4) is 0 Å². The van der Waals surface area contributed by atoms with E-state index in [1.54, 1.807) is 55.7 Å². The second-order valence-corrected chi connectivity index (χ2v) is 5.60. The maximum absolute atomic E-state index is 12.7. The van der Waals surface area contributed by atoms with Crippen molar-refractivity contribution < 1.29 is 19.4 Å². The summed E-state index contributed by atoms with van der Waals surface area (Å²) in [5.74, 6) is -0.796. The molecular formula is C19H18N2O4. The molecule has 2 aromatic rings. The highest BCUT2D eigenvalue weighted by molar-refractivity contribution is 6.16. The van der Waals surface area contributed by atoms with Gasteiger partial charge in [0.05, 0.1) is 18.7 Å². The third kappa shape index (κ3) is 2.87. The van der Waals surface area contributed by atoms with Crippen LogP contribution in [0.15, 0.2) is 60.1 Å². The first-order chi connectivity index (χ1) is 12.1. The Balaban J connectivity index is 2.17. The van der Waals surface area contributed by atoms with Crippen molar-refractivity contribution in [3.8, 4) is 5.75 Å². The van der Waals surface area contributed by atoms with E-state index in [-0.39, 0.29) is 17.8 Å². The van der Waals surface area contributed by atoms with Crippen molar-refractivity contribution in [2.24, 2.45) is 0 Å². The third-order valence-corrected chi connectivity index (χ3v) is 4.18. The number of ketones is 1. The van der Waals surface area contributed by atoms with Gasteiger partial charge in [-0.05, 0) is 29.8 Å². The fourth-order valence-electron chi connectivity index (χ4n) is 2.97. The van der Waals surface area contributed by atoms with Crippen LogP contribution in [0.25, 0.3) is 0 Å². The van der Waals surface area contributed by atoms with Crippen molar-refractivity contribution in [3.05, 3.63) is 65.7 Å². The Morgan fingerprint density at radius 1 is 1.28 bits per heavy atom. The van der Waals surface area contributed by atoms with E-state index in [1.807, 2.05) is 0 Å². The minimum Gasteiger partial charge on any atom is -0.503 e. The number of amides is 1. The second-order valence-electron chi connectivity index (χ2n) is 5.60. The highest BCUT2D eigenvalue weighted by atomic mass is 16.5. The molecule has 0 spiro atoms. The van der Waals surface area contributed by atoms with Crippen LogP contribution in [0.4, 0.5) is 5.69 Å². The van der Waals surface area contributed by atoms with E-state index in [0.29, 0.717) is 17.0 Å². The summed E-state index contributed by atoms with van der Waals surface area (Å²) in [6, 6.07) is 9.70. The Kier molecular flexibility index (Phi) is 4.52. The Labute approximate surface area is 145 Å². The van der Waals surface area contributed by atoms with Crippen LogP contribution in [0.2, 0.25) is 0 Å². The van der Waals surface area contributed by atoms with Crippen LogP contribution in [-0.4, -0.2) is 28.9 Å². The Bertz CT molecular complexity index is 846. The van der Waals surface area contributed by atoms with E-state index in [1.165, 1.54) is 12.0 Å². The molecule has 1 unspecified atom stereocenters. The molecular weight excluding hydrogens is 320 g/mol. The average Bonchev–Trinajstić information content (AvgIpc) is 2.93. The number of aromatic nitrogens is 1. The number of rotatable bonds is 5. The number of anilines is 1. The van der Waals surface area contributed by atoms with Crippen molar-refractivity contribution in [2.75, 3.05) is 12.0 Å². The van der Waals surface area contributed by atoms with Gasteiger partial charge in [-0.1, -0.05) is 13.0 Å². The van der Waals surface area contributed by atoms with Crippen molar-refractivity contribution in [1.82, 2.24) is 4.98 Å². The molecule has 128 valence electrons. The fraction of sp³-hybridized carbons (Fsp3) is 0.211. The number of ether oxygens (including phenoxy) is 1. The van der Waals surface area contributed by atoms with Crippen LogP contribution in [-0.2, 0) is 9.59 Å². The summed E-state index contributed by atoms with van der Waals surface area (Å²) in [6.45, 7) is 1.70. The third-order valence-electron chi connectivity index (χ3n) is 4.18. The summed E-state index contributed by atoms with van der Waals surface area (Å²) in [7, 11) is 1.53. The number of hydrogen-bond acceptors (Lipinski definition) is 5. The lowest BCUT2D eigenvalue weighted by Gasteiger charge is -2.27. The first kappa shape index (κ1) is 16.7. The number of aliphatic hydroxyl groups excluding tert-OH is 1. The maximum atomic E-state index is 12.7. The van der Waals surface area contributed by atoms with Gasteiger partial charge in [-0.2, -0.15) is 0 Å². The molecule has 0 saturated carbocycles. The van der Waals surface area contributed by atoms with Gasteiger partial charge in [0.1, 0.15) is 5.75 Å². The maximum Gasteiger partial charge on any atom is 0.294 e. The minimum absolute atomic E-state index is 0.113. The summed E-state index contributed by atoms with van der Waals surface area (Å²) in [5, 5.41) is 10.4. The molecule has 1 aromatic carbocycles. The molecule has 1 amide bonds. The Morgan fingerprint density at radius 3 is 2.64 bits per heavy atom. The number of benzene rings is 1. The first-order valence-corrected chi connectivity index (χ1v) is 7.92. The zero-order chi connectivity index (χ0) is 18.0. The van der Waals surface area contributed by atoms with Gasteiger partial charge < -0.3 is 9.84 Å². The lowest BCUT2D eigenvalue weighted by atomic mass is 9.95. The molecule has 1 atom stereocenters. The summed E-state index contributed by atoms with van der Waals surface area (Å²) >= 11 is 0. The average molecular weight is 338 g/mol. The molecule has 1 aromatic heterocycles.